The summed E-state index contributed by atoms with van der Waals surface area (Å²) in [5, 5.41) is 8.43. The second-order valence-corrected chi connectivity index (χ2v) is 7.84. The molecule has 3 aromatic heterocycles. The van der Waals surface area contributed by atoms with Crippen LogP contribution in [0.15, 0.2) is 59.4 Å². The predicted molar refractivity (Wildman–Crippen MR) is 114 cm³/mol. The van der Waals surface area contributed by atoms with Crippen LogP contribution in [-0.4, -0.2) is 42.8 Å². The van der Waals surface area contributed by atoms with Crippen LogP contribution in [0.4, 0.5) is 0 Å². The van der Waals surface area contributed by atoms with Crippen LogP contribution >= 0.6 is 0 Å². The maximum Gasteiger partial charge on any atom is 0.259 e. The third-order valence-electron chi connectivity index (χ3n) is 5.45. The molecule has 0 atom stereocenters. The summed E-state index contributed by atoms with van der Waals surface area (Å²) in [7, 11) is 1.79. The Morgan fingerprint density at radius 1 is 1.16 bits per heavy atom. The van der Waals surface area contributed by atoms with E-state index in [4.69, 9.17) is 4.52 Å². The first-order valence-electron chi connectivity index (χ1n) is 10.2. The SMILES string of the molecule is Cc1c(C(=O)N(C)Cc2ccccc2)cnn1-c1ccc(-c2nc(C3CC3)no2)cn1. The molecule has 8 heteroatoms. The molecule has 1 aliphatic rings. The molecule has 5 rings (SSSR count). The molecule has 1 amide bonds. The Kier molecular flexibility index (Phi) is 4.82. The summed E-state index contributed by atoms with van der Waals surface area (Å²) < 4.78 is 7.02. The average Bonchev–Trinajstić information content (AvgIpc) is 3.40. The van der Waals surface area contributed by atoms with E-state index in [0.717, 1.165) is 35.5 Å². The summed E-state index contributed by atoms with van der Waals surface area (Å²) in [6.45, 7) is 2.40. The van der Waals surface area contributed by atoms with Gasteiger partial charge >= 0.3 is 0 Å². The van der Waals surface area contributed by atoms with Crippen LogP contribution in [0, 0.1) is 6.92 Å². The lowest BCUT2D eigenvalue weighted by Crippen LogP contribution is -2.26. The Morgan fingerprint density at radius 2 is 1.97 bits per heavy atom. The molecule has 1 saturated carbocycles. The summed E-state index contributed by atoms with van der Waals surface area (Å²) in [5.41, 5.74) is 3.12. The molecular formula is C23H22N6O2. The van der Waals surface area contributed by atoms with Crippen LogP contribution in [0.2, 0.25) is 0 Å². The number of carbonyl (C=O) groups is 1. The fourth-order valence-corrected chi connectivity index (χ4v) is 3.48. The molecule has 4 aromatic rings. The first-order valence-corrected chi connectivity index (χ1v) is 10.2. The van der Waals surface area contributed by atoms with Gasteiger partial charge in [0.1, 0.15) is 0 Å². The minimum atomic E-state index is -0.0808. The van der Waals surface area contributed by atoms with Crippen LogP contribution < -0.4 is 0 Å². The highest BCUT2D eigenvalue weighted by Gasteiger charge is 2.29. The maximum atomic E-state index is 12.9. The maximum absolute atomic E-state index is 12.9. The Morgan fingerprint density at radius 3 is 2.68 bits per heavy atom. The topological polar surface area (TPSA) is 89.9 Å². The van der Waals surface area contributed by atoms with Gasteiger partial charge in [-0.05, 0) is 37.5 Å². The smallest absolute Gasteiger partial charge is 0.259 e. The highest BCUT2D eigenvalue weighted by atomic mass is 16.5. The predicted octanol–water partition coefficient (Wildman–Crippen LogP) is 3.78. The van der Waals surface area contributed by atoms with Gasteiger partial charge in [-0.1, -0.05) is 35.5 Å². The van der Waals surface area contributed by atoms with Gasteiger partial charge < -0.3 is 9.42 Å². The van der Waals surface area contributed by atoms with Gasteiger partial charge in [0.2, 0.25) is 0 Å². The van der Waals surface area contributed by atoms with Crippen molar-refractivity contribution in [3.8, 4) is 17.3 Å². The summed E-state index contributed by atoms with van der Waals surface area (Å²) in [6, 6.07) is 13.6. The molecule has 31 heavy (non-hydrogen) atoms. The van der Waals surface area contributed by atoms with Gasteiger partial charge in [-0.2, -0.15) is 10.1 Å². The van der Waals surface area contributed by atoms with Crippen molar-refractivity contribution < 1.29 is 9.32 Å². The molecular weight excluding hydrogens is 392 g/mol. The van der Waals surface area contributed by atoms with E-state index in [0.29, 0.717) is 29.7 Å². The number of rotatable bonds is 6. The second-order valence-electron chi connectivity index (χ2n) is 7.84. The average molecular weight is 414 g/mol. The standard InChI is InChI=1S/C23H22N6O2/c1-15-19(23(30)28(2)14-16-6-4-3-5-7-16)13-25-29(15)20-11-10-18(12-24-20)22-26-21(27-31-22)17-8-9-17/h3-7,10-13,17H,8-9,14H2,1-2H3. The number of benzene rings is 1. The molecule has 1 aromatic carbocycles. The third-order valence-corrected chi connectivity index (χ3v) is 5.45. The number of hydrogen-bond donors (Lipinski definition) is 0. The molecule has 8 nitrogen and oxygen atoms in total. The van der Waals surface area contributed by atoms with Crippen LogP contribution in [-0.2, 0) is 6.54 Å². The number of hydrogen-bond acceptors (Lipinski definition) is 6. The van der Waals surface area contributed by atoms with Crippen molar-refractivity contribution in [3.63, 3.8) is 0 Å². The van der Waals surface area contributed by atoms with Gasteiger partial charge in [0, 0.05) is 25.7 Å². The Labute approximate surface area is 179 Å². The first kappa shape index (κ1) is 19.2. The van der Waals surface area contributed by atoms with E-state index in [1.807, 2.05) is 49.4 Å². The molecule has 0 bridgehead atoms. The number of pyridine rings is 1. The molecule has 0 radical (unpaired) electrons. The van der Waals surface area contributed by atoms with Crippen LogP contribution in [0.25, 0.3) is 17.3 Å². The van der Waals surface area contributed by atoms with Crippen molar-refractivity contribution in [3.05, 3.63) is 77.5 Å². The summed E-state index contributed by atoms with van der Waals surface area (Å²) in [5.74, 6) is 2.21. The van der Waals surface area contributed by atoms with Crippen molar-refractivity contribution in [2.75, 3.05) is 7.05 Å². The molecule has 156 valence electrons. The first-order chi connectivity index (χ1) is 15.1. The molecule has 1 aliphatic carbocycles. The van der Waals surface area contributed by atoms with Gasteiger partial charge in [0.05, 0.1) is 23.0 Å². The second kappa shape index (κ2) is 7.79. The number of amides is 1. The van der Waals surface area contributed by atoms with Gasteiger partial charge in [-0.25, -0.2) is 9.67 Å². The monoisotopic (exact) mass is 414 g/mol. The summed E-state index contributed by atoms with van der Waals surface area (Å²) in [4.78, 5) is 23.6. The largest absolute Gasteiger partial charge is 0.337 e. The van der Waals surface area contributed by atoms with E-state index >= 15 is 0 Å². The zero-order chi connectivity index (χ0) is 21.4. The van der Waals surface area contributed by atoms with E-state index in [-0.39, 0.29) is 5.91 Å². The highest BCUT2D eigenvalue weighted by Crippen LogP contribution is 2.38. The number of carbonyl (C=O) groups excluding carboxylic acids is 1. The van der Waals surface area contributed by atoms with E-state index < -0.39 is 0 Å². The molecule has 0 unspecified atom stereocenters. The lowest BCUT2D eigenvalue weighted by atomic mass is 10.2. The van der Waals surface area contributed by atoms with Crippen molar-refractivity contribution in [2.45, 2.75) is 32.2 Å². The normalized spacial score (nSPS) is 13.4. The van der Waals surface area contributed by atoms with Crippen molar-refractivity contribution in [2.24, 2.45) is 0 Å². The zero-order valence-electron chi connectivity index (χ0n) is 17.4. The number of aromatic nitrogens is 5. The quantitative estimate of drug-likeness (QED) is 0.477. The Balaban J connectivity index is 1.33. The van der Waals surface area contributed by atoms with E-state index in [2.05, 4.69) is 20.2 Å². The number of nitrogens with zero attached hydrogens (tertiary/aromatic N) is 6. The lowest BCUT2D eigenvalue weighted by Gasteiger charge is -2.17. The van der Waals surface area contributed by atoms with Crippen LogP contribution in [0.3, 0.4) is 0 Å². The van der Waals surface area contributed by atoms with Crippen LogP contribution in [0.1, 0.15) is 46.2 Å². The summed E-state index contributed by atoms with van der Waals surface area (Å²) in [6.07, 6.45) is 5.52. The van der Waals surface area contributed by atoms with Crippen molar-refractivity contribution in [1.82, 2.24) is 29.8 Å². The molecule has 0 saturated heterocycles. The van der Waals surface area contributed by atoms with Gasteiger partial charge in [0.25, 0.3) is 11.8 Å². The zero-order valence-corrected chi connectivity index (χ0v) is 17.4. The fraction of sp³-hybridized carbons (Fsp3) is 0.261. The van der Waals surface area contributed by atoms with E-state index in [1.165, 1.54) is 0 Å². The van der Waals surface area contributed by atoms with Crippen LogP contribution in [0.5, 0.6) is 0 Å². The van der Waals surface area contributed by atoms with Gasteiger partial charge in [0.15, 0.2) is 11.6 Å². The highest BCUT2D eigenvalue weighted by molar-refractivity contribution is 5.95. The summed E-state index contributed by atoms with van der Waals surface area (Å²) >= 11 is 0. The van der Waals surface area contributed by atoms with Crippen molar-refractivity contribution in [1.29, 1.82) is 0 Å². The minimum Gasteiger partial charge on any atom is -0.337 e. The Bertz CT molecular complexity index is 1210. The molecule has 0 N–H and O–H groups in total. The molecule has 1 fully saturated rings. The van der Waals surface area contributed by atoms with E-state index in [9.17, 15) is 4.79 Å². The van der Waals surface area contributed by atoms with E-state index in [1.54, 1.807) is 29.0 Å². The van der Waals surface area contributed by atoms with Gasteiger partial charge in [-0.3, -0.25) is 4.79 Å². The minimum absolute atomic E-state index is 0.0808. The molecule has 3 heterocycles. The lowest BCUT2D eigenvalue weighted by molar-refractivity contribution is 0.0784. The van der Waals surface area contributed by atoms with Crippen molar-refractivity contribution >= 4 is 5.91 Å². The molecule has 0 spiro atoms. The fourth-order valence-electron chi connectivity index (χ4n) is 3.48. The third kappa shape index (κ3) is 3.84. The Hall–Kier alpha value is -3.81. The molecule has 0 aliphatic heterocycles. The van der Waals surface area contributed by atoms with Gasteiger partial charge in [-0.15, -0.1) is 0 Å².